The highest BCUT2D eigenvalue weighted by Gasteiger charge is 2.67. The number of benzene rings is 2. The van der Waals surface area contributed by atoms with Crippen LogP contribution in [0.25, 0.3) is 11.1 Å². The number of nitrogens with zero attached hydrogens (tertiary/aromatic N) is 1. The highest BCUT2D eigenvalue weighted by atomic mass is 19.1. The number of aryl methyl sites for hydroxylation is 1. The van der Waals surface area contributed by atoms with Gasteiger partial charge in [-0.3, -0.25) is 4.79 Å². The van der Waals surface area contributed by atoms with Crippen LogP contribution in [0.2, 0.25) is 0 Å². The molecule has 0 bridgehead atoms. The molecular formula is C34H37F2NO4. The van der Waals surface area contributed by atoms with Crippen molar-refractivity contribution in [2.24, 2.45) is 17.3 Å². The van der Waals surface area contributed by atoms with Crippen molar-refractivity contribution in [3.05, 3.63) is 76.5 Å². The minimum atomic E-state index is -0.746. The Morgan fingerprint density at radius 1 is 1.07 bits per heavy atom. The smallest absolute Gasteiger partial charge is 0.307 e. The van der Waals surface area contributed by atoms with Crippen molar-refractivity contribution in [2.45, 2.75) is 77.2 Å². The highest BCUT2D eigenvalue weighted by Crippen LogP contribution is 2.65. The molecule has 1 N–H and O–H groups in total. The van der Waals surface area contributed by atoms with E-state index in [0.717, 1.165) is 55.8 Å². The maximum Gasteiger partial charge on any atom is 0.307 e. The summed E-state index contributed by atoms with van der Waals surface area (Å²) >= 11 is 0. The monoisotopic (exact) mass is 561 g/mol. The Labute approximate surface area is 239 Å². The second-order valence-corrected chi connectivity index (χ2v) is 12.8. The molecule has 0 radical (unpaired) electrons. The molecule has 1 aromatic heterocycles. The van der Waals surface area contributed by atoms with Gasteiger partial charge in [-0.15, -0.1) is 0 Å². The molecule has 1 spiro atoms. The van der Waals surface area contributed by atoms with Gasteiger partial charge in [-0.25, -0.2) is 13.8 Å². The van der Waals surface area contributed by atoms with Crippen LogP contribution in [0.1, 0.15) is 81.0 Å². The largest absolute Gasteiger partial charge is 0.489 e. The van der Waals surface area contributed by atoms with Crippen LogP contribution < -0.4 is 9.47 Å². The van der Waals surface area contributed by atoms with Gasteiger partial charge in [-0.2, -0.15) is 0 Å². The van der Waals surface area contributed by atoms with Crippen molar-refractivity contribution in [2.75, 3.05) is 7.11 Å². The van der Waals surface area contributed by atoms with Crippen LogP contribution in [0, 0.1) is 28.9 Å². The number of ether oxygens (including phenoxy) is 2. The van der Waals surface area contributed by atoms with Crippen LogP contribution in [0.15, 0.2) is 42.6 Å². The van der Waals surface area contributed by atoms with E-state index < -0.39 is 17.6 Å². The lowest BCUT2D eigenvalue weighted by Gasteiger charge is -2.30. The molecule has 5 nitrogen and oxygen atoms in total. The number of carboxylic acid groups (broad SMARTS) is 1. The number of hydrogen-bond donors (Lipinski definition) is 1. The van der Waals surface area contributed by atoms with Gasteiger partial charge in [0, 0.05) is 22.6 Å². The summed E-state index contributed by atoms with van der Waals surface area (Å²) in [5.74, 6) is -1.05. The van der Waals surface area contributed by atoms with E-state index in [4.69, 9.17) is 9.47 Å². The van der Waals surface area contributed by atoms with Crippen LogP contribution in [0.5, 0.6) is 11.6 Å². The number of aliphatic carboxylic acids is 1. The number of fused-ring (bicyclic) bond motifs is 2. The number of carbonyl (C=O) groups is 1. The Hall–Kier alpha value is -3.48. The predicted octanol–water partition coefficient (Wildman–Crippen LogP) is 7.83. The molecule has 7 heteroatoms. The van der Waals surface area contributed by atoms with Crippen molar-refractivity contribution in [3.8, 4) is 22.8 Å². The maximum atomic E-state index is 15.7. The fourth-order valence-electron chi connectivity index (χ4n) is 7.93. The van der Waals surface area contributed by atoms with Gasteiger partial charge >= 0.3 is 5.97 Å². The Bertz CT molecular complexity index is 1520. The van der Waals surface area contributed by atoms with E-state index in [9.17, 15) is 9.90 Å². The van der Waals surface area contributed by atoms with E-state index in [2.05, 4.69) is 18.8 Å². The summed E-state index contributed by atoms with van der Waals surface area (Å²) in [6.07, 6.45) is 6.89. The van der Waals surface area contributed by atoms with Crippen molar-refractivity contribution in [1.29, 1.82) is 0 Å². The molecule has 2 saturated carbocycles. The number of hydrogen-bond acceptors (Lipinski definition) is 4. The molecule has 1 heterocycles. The number of pyridine rings is 1. The van der Waals surface area contributed by atoms with Gasteiger partial charge < -0.3 is 14.6 Å². The van der Waals surface area contributed by atoms with Crippen LogP contribution in [0.3, 0.4) is 0 Å². The lowest BCUT2D eigenvalue weighted by atomic mass is 9.75. The molecule has 2 fully saturated rings. The van der Waals surface area contributed by atoms with Gasteiger partial charge in [0.25, 0.3) is 0 Å². The van der Waals surface area contributed by atoms with Crippen LogP contribution in [0.4, 0.5) is 8.78 Å². The zero-order valence-electron chi connectivity index (χ0n) is 24.1. The summed E-state index contributed by atoms with van der Waals surface area (Å²) in [5, 5.41) is 9.82. The van der Waals surface area contributed by atoms with E-state index >= 15 is 8.78 Å². The summed E-state index contributed by atoms with van der Waals surface area (Å²) in [4.78, 5) is 15.9. The van der Waals surface area contributed by atoms with Crippen LogP contribution >= 0.6 is 0 Å². The second-order valence-electron chi connectivity index (χ2n) is 12.8. The maximum absolute atomic E-state index is 15.7. The van der Waals surface area contributed by atoms with Crippen molar-refractivity contribution in [3.63, 3.8) is 0 Å². The lowest BCUT2D eigenvalue weighted by Crippen LogP contribution is -2.22. The van der Waals surface area contributed by atoms with Gasteiger partial charge in [0.2, 0.25) is 5.88 Å². The number of aromatic nitrogens is 1. The summed E-state index contributed by atoms with van der Waals surface area (Å²) in [7, 11) is 1.47. The third-order valence-electron chi connectivity index (χ3n) is 10.2. The molecule has 0 aliphatic heterocycles. The van der Waals surface area contributed by atoms with Gasteiger partial charge in [0.05, 0.1) is 19.2 Å². The molecule has 0 amide bonds. The Morgan fingerprint density at radius 3 is 2.56 bits per heavy atom. The van der Waals surface area contributed by atoms with Gasteiger partial charge in [0.15, 0.2) is 0 Å². The molecule has 6 rings (SSSR count). The van der Waals surface area contributed by atoms with Crippen molar-refractivity contribution < 1.29 is 28.2 Å². The first-order chi connectivity index (χ1) is 19.6. The average Bonchev–Trinajstić information content (AvgIpc) is 3.36. The highest BCUT2D eigenvalue weighted by molar-refractivity contribution is 5.79. The topological polar surface area (TPSA) is 68.7 Å². The average molecular weight is 562 g/mol. The number of rotatable bonds is 7. The normalized spacial score (nSPS) is 26.0. The first kappa shape index (κ1) is 27.7. The van der Waals surface area contributed by atoms with E-state index in [-0.39, 0.29) is 46.6 Å². The Balaban J connectivity index is 1.35. The molecule has 2 aromatic carbocycles. The first-order valence-corrected chi connectivity index (χ1v) is 14.6. The fourth-order valence-corrected chi connectivity index (χ4v) is 7.93. The quantitative estimate of drug-likeness (QED) is 0.318. The molecule has 3 aliphatic rings. The number of halogens is 2. The van der Waals surface area contributed by atoms with Crippen LogP contribution in [-0.2, 0) is 23.2 Å². The minimum Gasteiger partial charge on any atom is -0.489 e. The van der Waals surface area contributed by atoms with E-state index in [1.165, 1.54) is 24.8 Å². The Kier molecular flexibility index (Phi) is 6.82. The predicted molar refractivity (Wildman–Crippen MR) is 152 cm³/mol. The first-order valence-electron chi connectivity index (χ1n) is 14.6. The molecule has 4 atom stereocenters. The standard InChI is InChI=1S/C34H37F2NO4/c1-19-31(32(38)39)34(19)12-5-7-20-9-10-22(14-27(20)34)41-18-21-13-24(26-8-6-11-33(26,2)3)23(15-28(21)35)25-16-30(40-4)37-17-29(25)36/h9-10,13-17,19,26,31H,5-8,11-12,18H2,1-4H3,(H,38,39). The summed E-state index contributed by atoms with van der Waals surface area (Å²) in [5.41, 5.74) is 3.97. The third kappa shape index (κ3) is 4.58. The van der Waals surface area contributed by atoms with Crippen LogP contribution in [-0.4, -0.2) is 23.2 Å². The van der Waals surface area contributed by atoms with E-state index in [1.807, 2.05) is 31.2 Å². The lowest BCUT2D eigenvalue weighted by molar-refractivity contribution is -0.139. The molecule has 216 valence electrons. The van der Waals surface area contributed by atoms with Crippen molar-refractivity contribution >= 4 is 5.97 Å². The zero-order chi connectivity index (χ0) is 29.1. The second kappa shape index (κ2) is 10.1. The number of methoxy groups -OCH3 is 1. The molecule has 41 heavy (non-hydrogen) atoms. The summed E-state index contributed by atoms with van der Waals surface area (Å²) in [6.45, 7) is 6.46. The van der Waals surface area contributed by atoms with E-state index in [0.29, 0.717) is 16.9 Å². The summed E-state index contributed by atoms with van der Waals surface area (Å²) < 4.78 is 42.2. The summed E-state index contributed by atoms with van der Waals surface area (Å²) in [6, 6.07) is 10.7. The number of carboxylic acids is 1. The Morgan fingerprint density at radius 2 is 1.88 bits per heavy atom. The third-order valence-corrected chi connectivity index (χ3v) is 10.2. The van der Waals surface area contributed by atoms with E-state index in [1.54, 1.807) is 0 Å². The minimum absolute atomic E-state index is 0.0120. The van der Waals surface area contributed by atoms with Crippen molar-refractivity contribution in [1.82, 2.24) is 4.98 Å². The molecule has 0 saturated heterocycles. The fraction of sp³-hybridized carbons (Fsp3) is 0.471. The molecule has 4 unspecified atom stereocenters. The molecular weight excluding hydrogens is 524 g/mol. The SMILES string of the molecule is COc1cc(-c2cc(F)c(COc3ccc4c(c3)C3(CCC4)C(C)C3C(=O)O)cc2C2CCCC2(C)C)c(F)cn1. The molecule has 3 aromatic rings. The van der Waals surface area contributed by atoms with Gasteiger partial charge in [-0.05, 0) is 95.9 Å². The van der Waals surface area contributed by atoms with Gasteiger partial charge in [0.1, 0.15) is 24.0 Å². The van der Waals surface area contributed by atoms with Gasteiger partial charge in [-0.1, -0.05) is 33.3 Å². The molecule has 3 aliphatic carbocycles. The zero-order valence-corrected chi connectivity index (χ0v) is 24.1.